The van der Waals surface area contributed by atoms with Crippen molar-refractivity contribution in [1.29, 1.82) is 0 Å². The molecule has 1 aromatic heterocycles. The molecule has 1 heterocycles. The average Bonchev–Trinajstić information content (AvgIpc) is 2.39. The van der Waals surface area contributed by atoms with Crippen molar-refractivity contribution in [2.24, 2.45) is 5.73 Å². The molecule has 18 heavy (non-hydrogen) atoms. The number of pyridine rings is 1. The van der Waals surface area contributed by atoms with Crippen molar-refractivity contribution in [3.8, 4) is 5.75 Å². The van der Waals surface area contributed by atoms with E-state index in [4.69, 9.17) is 10.3 Å². The number of phosphoric acid groups is 1. The van der Waals surface area contributed by atoms with Crippen molar-refractivity contribution < 1.29 is 23.2 Å². The van der Waals surface area contributed by atoms with Gasteiger partial charge in [-0.15, -0.1) is 0 Å². The van der Waals surface area contributed by atoms with Crippen LogP contribution in [-0.4, -0.2) is 24.3 Å². The lowest BCUT2D eigenvalue weighted by Gasteiger charge is -2.15. The molecular weight excluding hydrogens is 259 g/mol. The largest absolute Gasteiger partial charge is 0.506 e. The maximum absolute atomic E-state index is 11.7. The van der Waals surface area contributed by atoms with Gasteiger partial charge in [-0.1, -0.05) is 0 Å². The summed E-state index contributed by atoms with van der Waals surface area (Å²) in [7, 11) is -1.11. The van der Waals surface area contributed by atoms with Crippen LogP contribution in [0.2, 0.25) is 0 Å². The summed E-state index contributed by atoms with van der Waals surface area (Å²) >= 11 is 0. The first-order chi connectivity index (χ1) is 8.47. The predicted molar refractivity (Wildman–Crippen MR) is 64.9 cm³/mol. The van der Waals surface area contributed by atoms with E-state index in [1.807, 2.05) is 0 Å². The van der Waals surface area contributed by atoms with Crippen LogP contribution in [0, 0.1) is 6.92 Å². The van der Waals surface area contributed by atoms with Gasteiger partial charge in [0.25, 0.3) is 0 Å². The van der Waals surface area contributed by atoms with E-state index in [9.17, 15) is 9.67 Å². The lowest BCUT2D eigenvalue weighted by molar-refractivity contribution is 0.145. The molecule has 0 aromatic carbocycles. The molecule has 0 amide bonds. The zero-order chi connectivity index (χ0) is 13.8. The summed E-state index contributed by atoms with van der Waals surface area (Å²) in [6.45, 7) is 1.71. The first-order valence-corrected chi connectivity index (χ1v) is 6.66. The normalized spacial score (nSPS) is 11.8. The van der Waals surface area contributed by atoms with Crippen LogP contribution in [0.1, 0.15) is 16.8 Å². The molecule has 8 heteroatoms. The van der Waals surface area contributed by atoms with Gasteiger partial charge in [0, 0.05) is 38.1 Å². The molecule has 3 N–H and O–H groups in total. The molecule has 102 valence electrons. The van der Waals surface area contributed by atoms with Crippen molar-refractivity contribution in [2.75, 3.05) is 14.2 Å². The monoisotopic (exact) mass is 276 g/mol. The average molecular weight is 276 g/mol. The highest BCUT2D eigenvalue weighted by atomic mass is 31.2. The van der Waals surface area contributed by atoms with Gasteiger partial charge in [0.05, 0.1) is 12.3 Å². The number of nitrogens with zero attached hydrogens (tertiary/aromatic N) is 1. The van der Waals surface area contributed by atoms with E-state index in [0.717, 1.165) is 0 Å². The molecule has 0 atom stereocenters. The van der Waals surface area contributed by atoms with E-state index in [2.05, 4.69) is 14.0 Å². The predicted octanol–water partition coefficient (Wildman–Crippen LogP) is 1.47. The van der Waals surface area contributed by atoms with E-state index >= 15 is 0 Å². The van der Waals surface area contributed by atoms with Gasteiger partial charge in [-0.25, -0.2) is 4.57 Å². The van der Waals surface area contributed by atoms with Crippen LogP contribution in [0.15, 0.2) is 6.20 Å². The smallest absolute Gasteiger partial charge is 0.474 e. The maximum atomic E-state index is 11.7. The number of aromatic nitrogens is 1. The number of hydrogen-bond donors (Lipinski definition) is 2. The molecule has 0 unspecified atom stereocenters. The second-order valence-electron chi connectivity index (χ2n) is 3.49. The third-order valence-corrected chi connectivity index (χ3v) is 3.80. The quantitative estimate of drug-likeness (QED) is 0.758. The molecule has 1 rings (SSSR count). The zero-order valence-corrected chi connectivity index (χ0v) is 11.4. The van der Waals surface area contributed by atoms with Crippen LogP contribution in [0.25, 0.3) is 0 Å². The lowest BCUT2D eigenvalue weighted by atomic mass is 10.1. The Bertz CT molecular complexity index is 458. The number of aryl methyl sites for hydroxylation is 1. The van der Waals surface area contributed by atoms with Crippen LogP contribution in [0.4, 0.5) is 0 Å². The van der Waals surface area contributed by atoms with Gasteiger partial charge in [-0.3, -0.25) is 18.6 Å². The highest BCUT2D eigenvalue weighted by molar-refractivity contribution is 7.48. The highest BCUT2D eigenvalue weighted by Gasteiger charge is 2.23. The van der Waals surface area contributed by atoms with E-state index in [1.165, 1.54) is 20.4 Å². The van der Waals surface area contributed by atoms with Gasteiger partial charge in [0.1, 0.15) is 5.75 Å². The Morgan fingerprint density at radius 1 is 1.44 bits per heavy atom. The minimum absolute atomic E-state index is 0.0169. The minimum Gasteiger partial charge on any atom is -0.506 e. The molecular formula is C10H17N2O5P. The molecule has 0 aliphatic rings. The molecule has 0 aliphatic carbocycles. The number of phosphoric ester groups is 1. The Morgan fingerprint density at radius 3 is 2.56 bits per heavy atom. The Labute approximate surface area is 106 Å². The zero-order valence-electron chi connectivity index (χ0n) is 10.5. The van der Waals surface area contributed by atoms with Crippen LogP contribution < -0.4 is 5.73 Å². The summed E-state index contributed by atoms with van der Waals surface area (Å²) in [4.78, 5) is 3.98. The van der Waals surface area contributed by atoms with E-state index in [0.29, 0.717) is 16.8 Å². The Morgan fingerprint density at radius 2 is 2.06 bits per heavy atom. The van der Waals surface area contributed by atoms with Gasteiger partial charge in [0.15, 0.2) is 0 Å². The first-order valence-electron chi connectivity index (χ1n) is 5.19. The van der Waals surface area contributed by atoms with Crippen molar-refractivity contribution in [2.45, 2.75) is 20.1 Å². The second kappa shape index (κ2) is 6.26. The molecule has 0 saturated heterocycles. The Balaban J connectivity index is 2.92. The lowest BCUT2D eigenvalue weighted by Crippen LogP contribution is -2.06. The molecule has 0 aliphatic heterocycles. The fraction of sp³-hybridized carbons (Fsp3) is 0.500. The van der Waals surface area contributed by atoms with Crippen molar-refractivity contribution in [1.82, 2.24) is 4.98 Å². The number of aromatic hydroxyl groups is 1. The maximum Gasteiger partial charge on any atom is 0.474 e. The fourth-order valence-corrected chi connectivity index (χ4v) is 2.02. The minimum atomic E-state index is -3.55. The number of hydrogen-bond acceptors (Lipinski definition) is 7. The van der Waals surface area contributed by atoms with Crippen molar-refractivity contribution in [3.63, 3.8) is 0 Å². The molecule has 0 fully saturated rings. The Kier molecular flexibility index (Phi) is 5.25. The van der Waals surface area contributed by atoms with Crippen molar-refractivity contribution >= 4 is 7.82 Å². The summed E-state index contributed by atoms with van der Waals surface area (Å²) in [6.07, 6.45) is 1.51. The van der Waals surface area contributed by atoms with Gasteiger partial charge >= 0.3 is 7.82 Å². The van der Waals surface area contributed by atoms with Gasteiger partial charge in [-0.2, -0.15) is 0 Å². The highest BCUT2D eigenvalue weighted by Crippen LogP contribution is 2.48. The summed E-state index contributed by atoms with van der Waals surface area (Å²) in [6, 6.07) is 0. The SMILES string of the molecule is COP(=O)(OC)OCc1cnc(C)c(O)c1CN. The second-order valence-corrected chi connectivity index (χ2v) is 5.37. The summed E-state index contributed by atoms with van der Waals surface area (Å²) in [5.74, 6) is 0.0169. The van der Waals surface area contributed by atoms with Crippen LogP contribution in [-0.2, 0) is 31.3 Å². The standard InChI is InChI=1S/C10H17N2O5P/c1-7-10(13)9(4-11)8(5-12-7)6-17-18(14,15-2)16-3/h5,13H,4,6,11H2,1-3H3. The van der Waals surface area contributed by atoms with E-state index in [1.54, 1.807) is 6.92 Å². The Hall–Kier alpha value is -0.980. The number of nitrogens with two attached hydrogens (primary N) is 1. The van der Waals surface area contributed by atoms with Crippen LogP contribution in [0.5, 0.6) is 5.75 Å². The fourth-order valence-electron chi connectivity index (χ4n) is 1.36. The molecule has 0 saturated carbocycles. The van der Waals surface area contributed by atoms with E-state index < -0.39 is 7.82 Å². The molecule has 7 nitrogen and oxygen atoms in total. The molecule has 0 spiro atoms. The molecule has 0 bridgehead atoms. The number of rotatable bonds is 6. The van der Waals surface area contributed by atoms with Gasteiger partial charge < -0.3 is 10.8 Å². The van der Waals surface area contributed by atoms with Crippen LogP contribution in [0.3, 0.4) is 0 Å². The van der Waals surface area contributed by atoms with Gasteiger partial charge in [-0.05, 0) is 6.92 Å². The first kappa shape index (κ1) is 15.1. The summed E-state index contributed by atoms with van der Waals surface area (Å²) in [5, 5.41) is 9.79. The summed E-state index contributed by atoms with van der Waals surface area (Å²) in [5.41, 5.74) is 7.06. The van der Waals surface area contributed by atoms with Crippen LogP contribution >= 0.6 is 7.82 Å². The third kappa shape index (κ3) is 3.28. The van der Waals surface area contributed by atoms with Crippen molar-refractivity contribution in [3.05, 3.63) is 23.0 Å². The third-order valence-electron chi connectivity index (χ3n) is 2.46. The van der Waals surface area contributed by atoms with Gasteiger partial charge in [0.2, 0.25) is 0 Å². The van der Waals surface area contributed by atoms with E-state index in [-0.39, 0.29) is 18.9 Å². The topological polar surface area (TPSA) is 104 Å². The molecule has 0 radical (unpaired) electrons. The summed E-state index contributed by atoms with van der Waals surface area (Å²) < 4.78 is 26.0. The molecule has 1 aromatic rings.